The molecule has 0 aliphatic rings. The highest BCUT2D eigenvalue weighted by Gasteiger charge is 2.09. The Morgan fingerprint density at radius 3 is 3.00 bits per heavy atom. The molecule has 0 saturated carbocycles. The van der Waals surface area contributed by atoms with Crippen molar-refractivity contribution in [2.24, 2.45) is 0 Å². The normalized spacial score (nSPS) is 10.9. The Hall–Kier alpha value is -3.06. The van der Waals surface area contributed by atoms with Crippen molar-refractivity contribution in [2.75, 3.05) is 7.11 Å². The van der Waals surface area contributed by atoms with Crippen molar-refractivity contribution in [1.29, 1.82) is 0 Å². The summed E-state index contributed by atoms with van der Waals surface area (Å²) in [5.74, 6) is 0.509. The first-order valence-electron chi connectivity index (χ1n) is 7.37. The lowest BCUT2D eigenvalue weighted by atomic mass is 10.2. The lowest BCUT2D eigenvalue weighted by Crippen LogP contribution is -2.00. The van der Waals surface area contributed by atoms with Gasteiger partial charge in [0.05, 0.1) is 12.0 Å². The van der Waals surface area contributed by atoms with E-state index in [0.29, 0.717) is 22.8 Å². The Morgan fingerprint density at radius 2 is 2.24 bits per heavy atom. The second-order valence-electron chi connectivity index (χ2n) is 5.03. The van der Waals surface area contributed by atoms with E-state index in [-0.39, 0.29) is 12.4 Å². The topological polar surface area (TPSA) is 81.8 Å². The van der Waals surface area contributed by atoms with Crippen LogP contribution in [0.3, 0.4) is 0 Å². The number of phenolic OH excluding ortho intramolecular Hbond substituents is 1. The molecule has 0 saturated heterocycles. The van der Waals surface area contributed by atoms with Gasteiger partial charge in [0, 0.05) is 12.1 Å². The fourth-order valence-corrected chi connectivity index (χ4v) is 2.74. The Balaban J connectivity index is 1.56. The minimum Gasteiger partial charge on any atom is -0.504 e. The van der Waals surface area contributed by atoms with E-state index in [2.05, 4.69) is 5.16 Å². The number of methoxy groups -OCH3 is 1. The maximum absolute atomic E-state index is 11.8. The summed E-state index contributed by atoms with van der Waals surface area (Å²) >= 11 is 1.54. The highest BCUT2D eigenvalue weighted by Crippen LogP contribution is 2.27. The summed E-state index contributed by atoms with van der Waals surface area (Å²) in [6.45, 7) is 0.0247. The van der Waals surface area contributed by atoms with Gasteiger partial charge in [0.25, 0.3) is 0 Å². The van der Waals surface area contributed by atoms with Crippen LogP contribution in [-0.4, -0.2) is 23.3 Å². The summed E-state index contributed by atoms with van der Waals surface area (Å²) in [6.07, 6.45) is 2.87. The summed E-state index contributed by atoms with van der Waals surface area (Å²) < 4.78 is 15.4. The molecule has 1 aromatic carbocycles. The van der Waals surface area contributed by atoms with E-state index in [1.54, 1.807) is 35.6 Å². The molecule has 25 heavy (non-hydrogen) atoms. The van der Waals surface area contributed by atoms with Crippen LogP contribution in [0.15, 0.2) is 52.4 Å². The number of aromatic nitrogens is 1. The van der Waals surface area contributed by atoms with Crippen molar-refractivity contribution < 1.29 is 23.9 Å². The van der Waals surface area contributed by atoms with Gasteiger partial charge in [-0.25, -0.2) is 4.79 Å². The number of esters is 1. The molecular formula is C18H15NO5S. The molecule has 0 unspecified atom stereocenters. The van der Waals surface area contributed by atoms with Crippen LogP contribution in [0.2, 0.25) is 0 Å². The summed E-state index contributed by atoms with van der Waals surface area (Å²) in [5, 5.41) is 15.4. The van der Waals surface area contributed by atoms with E-state index in [0.717, 1.165) is 4.88 Å². The average Bonchev–Trinajstić information content (AvgIpc) is 3.30. The van der Waals surface area contributed by atoms with E-state index in [1.807, 2.05) is 17.5 Å². The largest absolute Gasteiger partial charge is 0.504 e. The van der Waals surface area contributed by atoms with Gasteiger partial charge >= 0.3 is 5.97 Å². The van der Waals surface area contributed by atoms with E-state index in [9.17, 15) is 9.90 Å². The lowest BCUT2D eigenvalue weighted by Gasteiger charge is -2.03. The summed E-state index contributed by atoms with van der Waals surface area (Å²) in [6, 6.07) is 10.4. The van der Waals surface area contributed by atoms with Gasteiger partial charge in [-0.3, -0.25) is 0 Å². The number of carbonyl (C=O) groups excluding carboxylic acids is 1. The second kappa shape index (κ2) is 7.67. The molecule has 0 bridgehead atoms. The minimum absolute atomic E-state index is 0.0247. The number of thiophene rings is 1. The SMILES string of the molecule is COc1cc(/C=C/C(=O)OCc2cc(-c3cccs3)on2)ccc1O. The standard InChI is InChI=1S/C18H15NO5S/c1-22-15-9-12(4-6-14(15)20)5-7-18(21)23-11-13-10-16(24-19-13)17-3-2-8-25-17/h2-10,20H,11H2,1H3/b7-5+. The van der Waals surface area contributed by atoms with E-state index >= 15 is 0 Å². The molecule has 0 fully saturated rings. The van der Waals surface area contributed by atoms with Gasteiger partial charge < -0.3 is 19.1 Å². The van der Waals surface area contributed by atoms with Crippen molar-refractivity contribution in [3.05, 3.63) is 59.1 Å². The predicted molar refractivity (Wildman–Crippen MR) is 93.3 cm³/mol. The molecule has 0 spiro atoms. The highest BCUT2D eigenvalue weighted by atomic mass is 32.1. The Kier molecular flexibility index (Phi) is 5.15. The first kappa shape index (κ1) is 16.8. The molecule has 2 heterocycles. The first-order valence-corrected chi connectivity index (χ1v) is 8.25. The number of hydrogen-bond acceptors (Lipinski definition) is 7. The van der Waals surface area contributed by atoms with Crippen LogP contribution in [0.5, 0.6) is 11.5 Å². The van der Waals surface area contributed by atoms with Crippen LogP contribution in [0.25, 0.3) is 16.7 Å². The van der Waals surface area contributed by atoms with Gasteiger partial charge in [0.15, 0.2) is 17.3 Å². The fraction of sp³-hybridized carbons (Fsp3) is 0.111. The van der Waals surface area contributed by atoms with Crippen LogP contribution in [0.1, 0.15) is 11.3 Å². The van der Waals surface area contributed by atoms with Crippen LogP contribution < -0.4 is 4.74 Å². The monoisotopic (exact) mass is 357 g/mol. The zero-order valence-corrected chi connectivity index (χ0v) is 14.2. The van der Waals surface area contributed by atoms with Gasteiger partial charge in [-0.05, 0) is 35.2 Å². The fourth-order valence-electron chi connectivity index (χ4n) is 2.07. The predicted octanol–water partition coefficient (Wildman–Crippen LogP) is 3.87. The number of nitrogens with zero attached hydrogens (tertiary/aromatic N) is 1. The molecule has 1 N–H and O–H groups in total. The molecule has 6 nitrogen and oxygen atoms in total. The van der Waals surface area contributed by atoms with E-state index in [4.69, 9.17) is 14.0 Å². The van der Waals surface area contributed by atoms with Crippen LogP contribution >= 0.6 is 11.3 Å². The molecule has 0 aliphatic heterocycles. The van der Waals surface area contributed by atoms with Crippen molar-refractivity contribution in [1.82, 2.24) is 5.16 Å². The van der Waals surface area contributed by atoms with Gasteiger partial charge in [-0.1, -0.05) is 17.3 Å². The summed E-state index contributed by atoms with van der Waals surface area (Å²) in [4.78, 5) is 12.8. The van der Waals surface area contributed by atoms with Crippen molar-refractivity contribution in [3.8, 4) is 22.1 Å². The minimum atomic E-state index is -0.507. The Bertz CT molecular complexity index is 883. The van der Waals surface area contributed by atoms with E-state index < -0.39 is 5.97 Å². The van der Waals surface area contributed by atoms with Crippen LogP contribution in [0, 0.1) is 0 Å². The smallest absolute Gasteiger partial charge is 0.331 e. The quantitative estimate of drug-likeness (QED) is 0.533. The van der Waals surface area contributed by atoms with Crippen molar-refractivity contribution >= 4 is 23.4 Å². The molecule has 0 atom stereocenters. The molecule has 3 rings (SSSR count). The average molecular weight is 357 g/mol. The number of ether oxygens (including phenoxy) is 2. The third-order valence-electron chi connectivity index (χ3n) is 3.30. The van der Waals surface area contributed by atoms with Gasteiger partial charge in [0.1, 0.15) is 12.3 Å². The number of aromatic hydroxyl groups is 1. The maximum Gasteiger partial charge on any atom is 0.331 e. The lowest BCUT2D eigenvalue weighted by molar-refractivity contribution is -0.139. The number of phenols is 1. The maximum atomic E-state index is 11.8. The molecule has 0 radical (unpaired) electrons. The molecule has 128 valence electrons. The molecule has 2 aromatic heterocycles. The van der Waals surface area contributed by atoms with E-state index in [1.165, 1.54) is 19.3 Å². The summed E-state index contributed by atoms with van der Waals surface area (Å²) in [5.41, 5.74) is 1.24. The zero-order chi connectivity index (χ0) is 17.6. The molecule has 7 heteroatoms. The number of rotatable bonds is 6. The molecule has 0 amide bonds. The number of benzene rings is 1. The Labute approximate surface area is 147 Å². The third-order valence-corrected chi connectivity index (χ3v) is 4.19. The second-order valence-corrected chi connectivity index (χ2v) is 5.98. The van der Waals surface area contributed by atoms with Crippen molar-refractivity contribution in [3.63, 3.8) is 0 Å². The van der Waals surface area contributed by atoms with Gasteiger partial charge in [0.2, 0.25) is 0 Å². The van der Waals surface area contributed by atoms with Crippen LogP contribution in [-0.2, 0) is 16.1 Å². The first-order chi connectivity index (χ1) is 12.2. The van der Waals surface area contributed by atoms with Crippen molar-refractivity contribution in [2.45, 2.75) is 6.61 Å². The number of hydrogen-bond donors (Lipinski definition) is 1. The van der Waals surface area contributed by atoms with Crippen LogP contribution in [0.4, 0.5) is 0 Å². The third kappa shape index (κ3) is 4.27. The Morgan fingerprint density at radius 1 is 1.36 bits per heavy atom. The summed E-state index contributed by atoms with van der Waals surface area (Å²) in [7, 11) is 1.46. The van der Waals surface area contributed by atoms with Gasteiger partial charge in [-0.15, -0.1) is 11.3 Å². The molecular weight excluding hydrogens is 342 g/mol. The highest BCUT2D eigenvalue weighted by molar-refractivity contribution is 7.13. The number of carbonyl (C=O) groups is 1. The zero-order valence-electron chi connectivity index (χ0n) is 13.3. The molecule has 0 aliphatic carbocycles. The van der Waals surface area contributed by atoms with Gasteiger partial charge in [-0.2, -0.15) is 0 Å². The molecule has 3 aromatic rings.